The van der Waals surface area contributed by atoms with Crippen molar-refractivity contribution in [1.82, 2.24) is 15.3 Å². The van der Waals surface area contributed by atoms with Crippen LogP contribution in [0.3, 0.4) is 0 Å². The zero-order valence-electron chi connectivity index (χ0n) is 15.9. The largest absolute Gasteiger partial charge is 0.324 e. The molecule has 3 aromatic rings. The Morgan fingerprint density at radius 3 is 2.93 bits per heavy atom. The van der Waals surface area contributed by atoms with Gasteiger partial charge in [-0.2, -0.15) is 4.98 Å². The monoisotopic (exact) mass is 407 g/mol. The Morgan fingerprint density at radius 1 is 1.14 bits per heavy atom. The normalized spacial score (nSPS) is 18.5. The minimum Gasteiger partial charge on any atom is -0.324 e. The van der Waals surface area contributed by atoms with Gasteiger partial charge in [0.25, 0.3) is 0 Å². The topological polar surface area (TPSA) is 62.3 Å². The van der Waals surface area contributed by atoms with Gasteiger partial charge in [-0.05, 0) is 41.8 Å². The third-order valence-corrected chi connectivity index (χ3v) is 5.64. The molecule has 6 nitrogen and oxygen atoms in total. The summed E-state index contributed by atoms with van der Waals surface area (Å²) in [5, 5.41) is 8.99. The molecule has 0 bridgehead atoms. The van der Waals surface area contributed by atoms with E-state index < -0.39 is 0 Å². The number of aromatic nitrogens is 2. The number of nitrogens with zero attached hydrogens (tertiary/aromatic N) is 3. The molecule has 0 saturated carbocycles. The van der Waals surface area contributed by atoms with Crippen LogP contribution in [-0.2, 0) is 17.8 Å². The number of hydroxylamine groups is 1. The summed E-state index contributed by atoms with van der Waals surface area (Å²) in [4.78, 5) is 14.9. The number of rotatable bonds is 4. The highest BCUT2D eigenvalue weighted by atomic mass is 35.5. The second-order valence-electron chi connectivity index (χ2n) is 7.27. The van der Waals surface area contributed by atoms with E-state index in [2.05, 4.69) is 50.9 Å². The van der Waals surface area contributed by atoms with Gasteiger partial charge in [0.15, 0.2) is 5.82 Å². The van der Waals surface area contributed by atoms with Crippen molar-refractivity contribution >= 4 is 29.1 Å². The Morgan fingerprint density at radius 2 is 2.03 bits per heavy atom. The van der Waals surface area contributed by atoms with Gasteiger partial charge in [-0.1, -0.05) is 48.0 Å². The second kappa shape index (κ2) is 7.99. The zero-order chi connectivity index (χ0) is 19.6. The predicted octanol–water partition coefficient (Wildman–Crippen LogP) is 4.40. The minimum atomic E-state index is 0.0752. The molecule has 2 aliphatic heterocycles. The molecule has 3 heterocycles. The molecule has 1 aromatic heterocycles. The van der Waals surface area contributed by atoms with Crippen molar-refractivity contribution in [2.75, 3.05) is 23.5 Å². The molecule has 0 spiro atoms. The van der Waals surface area contributed by atoms with Crippen LogP contribution in [0.15, 0.2) is 54.7 Å². The van der Waals surface area contributed by atoms with Crippen LogP contribution < -0.4 is 15.7 Å². The maximum atomic E-state index is 6.44. The lowest BCUT2D eigenvalue weighted by Gasteiger charge is -2.25. The van der Waals surface area contributed by atoms with Crippen LogP contribution >= 0.6 is 11.6 Å². The molecule has 148 valence electrons. The van der Waals surface area contributed by atoms with E-state index in [1.165, 1.54) is 16.7 Å². The lowest BCUT2D eigenvalue weighted by molar-refractivity contribution is 0.157. The van der Waals surface area contributed by atoms with Crippen LogP contribution in [0.25, 0.3) is 0 Å². The van der Waals surface area contributed by atoms with E-state index in [1.807, 2.05) is 18.2 Å². The summed E-state index contributed by atoms with van der Waals surface area (Å²) in [5.41, 5.74) is 4.84. The molecular formula is C22H22ClN5O. The summed E-state index contributed by atoms with van der Waals surface area (Å²) in [6, 6.07) is 16.7. The molecule has 0 amide bonds. The van der Waals surface area contributed by atoms with Gasteiger partial charge in [-0.3, -0.25) is 4.84 Å². The van der Waals surface area contributed by atoms with E-state index in [9.17, 15) is 0 Å². The number of anilines is 3. The predicted molar refractivity (Wildman–Crippen MR) is 114 cm³/mol. The number of fused-ring (bicyclic) bond motifs is 1. The van der Waals surface area contributed by atoms with Crippen LogP contribution in [0.4, 0.5) is 17.5 Å². The number of nitrogens with one attached hydrogen (secondary N) is 2. The molecular weight excluding hydrogens is 386 g/mol. The average molecular weight is 408 g/mol. The number of hydrogen-bond donors (Lipinski definition) is 2. The van der Waals surface area contributed by atoms with Gasteiger partial charge >= 0.3 is 0 Å². The fourth-order valence-electron chi connectivity index (χ4n) is 3.92. The first-order chi connectivity index (χ1) is 14.3. The molecule has 0 aliphatic carbocycles. The Kier molecular flexibility index (Phi) is 5.06. The highest BCUT2D eigenvalue weighted by Gasteiger charge is 2.30. The Bertz CT molecular complexity index is 1010. The van der Waals surface area contributed by atoms with Crippen molar-refractivity contribution in [1.29, 1.82) is 0 Å². The van der Waals surface area contributed by atoms with Crippen molar-refractivity contribution < 1.29 is 4.84 Å². The van der Waals surface area contributed by atoms with Crippen LogP contribution in [-0.4, -0.2) is 23.1 Å². The Labute approximate surface area is 174 Å². The molecule has 1 atom stereocenters. The van der Waals surface area contributed by atoms with Gasteiger partial charge < -0.3 is 10.6 Å². The van der Waals surface area contributed by atoms with E-state index in [-0.39, 0.29) is 6.04 Å². The minimum absolute atomic E-state index is 0.0752. The molecule has 5 rings (SSSR count). The maximum absolute atomic E-state index is 6.44. The van der Waals surface area contributed by atoms with E-state index in [0.29, 0.717) is 23.4 Å². The van der Waals surface area contributed by atoms with Crippen LogP contribution in [0, 0.1) is 0 Å². The number of halogens is 1. The molecule has 29 heavy (non-hydrogen) atoms. The van der Waals surface area contributed by atoms with E-state index in [4.69, 9.17) is 16.4 Å². The molecule has 0 unspecified atom stereocenters. The van der Waals surface area contributed by atoms with Gasteiger partial charge in [-0.25, -0.2) is 10.0 Å². The SMILES string of the molecule is Clc1cnc(Nc2ccc3c(c2)CNCC3)nc1N1OCC[C@H]1c1ccccc1. The summed E-state index contributed by atoms with van der Waals surface area (Å²) in [6.07, 6.45) is 3.56. The molecule has 1 fully saturated rings. The van der Waals surface area contributed by atoms with Crippen molar-refractivity contribution in [2.45, 2.75) is 25.4 Å². The van der Waals surface area contributed by atoms with Crippen LogP contribution in [0.1, 0.15) is 29.2 Å². The molecule has 0 radical (unpaired) electrons. The van der Waals surface area contributed by atoms with Gasteiger partial charge in [0, 0.05) is 18.7 Å². The molecule has 2 aliphatic rings. The maximum Gasteiger partial charge on any atom is 0.229 e. The van der Waals surface area contributed by atoms with Crippen molar-refractivity contribution in [2.24, 2.45) is 0 Å². The third kappa shape index (κ3) is 3.79. The molecule has 7 heteroatoms. The lowest BCUT2D eigenvalue weighted by atomic mass is 10.0. The molecule has 2 aromatic carbocycles. The quantitative estimate of drug-likeness (QED) is 0.668. The zero-order valence-corrected chi connectivity index (χ0v) is 16.7. The number of hydrogen-bond acceptors (Lipinski definition) is 6. The fraction of sp³-hybridized carbons (Fsp3) is 0.273. The lowest BCUT2D eigenvalue weighted by Crippen LogP contribution is -2.23. The molecule has 2 N–H and O–H groups in total. The Hall–Kier alpha value is -2.67. The summed E-state index contributed by atoms with van der Waals surface area (Å²) in [7, 11) is 0. The van der Waals surface area contributed by atoms with Gasteiger partial charge in [0.2, 0.25) is 5.95 Å². The van der Waals surface area contributed by atoms with Crippen LogP contribution in [0.5, 0.6) is 0 Å². The standard InChI is InChI=1S/C22H22ClN5O/c23-19-14-25-22(26-18-7-6-15-8-10-24-13-17(15)12-18)27-21(19)28-20(9-11-29-28)16-4-2-1-3-5-16/h1-7,12,14,20,24H,8-11,13H2,(H,25,26,27)/t20-/m0/s1. The number of benzene rings is 2. The van der Waals surface area contributed by atoms with Gasteiger partial charge in [0.1, 0.15) is 5.02 Å². The third-order valence-electron chi connectivity index (χ3n) is 5.37. The van der Waals surface area contributed by atoms with Crippen molar-refractivity contribution in [3.8, 4) is 0 Å². The average Bonchev–Trinajstić information content (AvgIpc) is 3.25. The van der Waals surface area contributed by atoms with E-state index >= 15 is 0 Å². The van der Waals surface area contributed by atoms with E-state index in [0.717, 1.165) is 31.6 Å². The van der Waals surface area contributed by atoms with Gasteiger partial charge in [0.05, 0.1) is 18.8 Å². The van der Waals surface area contributed by atoms with Crippen molar-refractivity contribution in [3.05, 3.63) is 76.4 Å². The highest BCUT2D eigenvalue weighted by molar-refractivity contribution is 6.32. The van der Waals surface area contributed by atoms with E-state index in [1.54, 1.807) is 11.3 Å². The highest BCUT2D eigenvalue weighted by Crippen LogP contribution is 2.37. The Balaban J connectivity index is 1.42. The summed E-state index contributed by atoms with van der Waals surface area (Å²) < 4.78 is 0. The summed E-state index contributed by atoms with van der Waals surface area (Å²) in [6.45, 7) is 2.54. The smallest absolute Gasteiger partial charge is 0.229 e. The fourth-order valence-corrected chi connectivity index (χ4v) is 4.09. The van der Waals surface area contributed by atoms with Gasteiger partial charge in [-0.15, -0.1) is 0 Å². The van der Waals surface area contributed by atoms with Crippen molar-refractivity contribution in [3.63, 3.8) is 0 Å². The first kappa shape index (κ1) is 18.4. The second-order valence-corrected chi connectivity index (χ2v) is 7.68. The first-order valence-corrected chi connectivity index (χ1v) is 10.2. The molecule has 1 saturated heterocycles. The van der Waals surface area contributed by atoms with Crippen LogP contribution in [0.2, 0.25) is 5.02 Å². The first-order valence-electron chi connectivity index (χ1n) is 9.87. The summed E-state index contributed by atoms with van der Waals surface area (Å²) in [5.74, 6) is 1.07. The summed E-state index contributed by atoms with van der Waals surface area (Å²) >= 11 is 6.44.